The fourth-order valence-corrected chi connectivity index (χ4v) is 2.47. The van der Waals surface area contributed by atoms with Gasteiger partial charge in [-0.25, -0.2) is 0 Å². The molecule has 8 nitrogen and oxygen atoms in total. The molecule has 0 aliphatic rings. The zero-order chi connectivity index (χ0) is 18.7. The van der Waals surface area contributed by atoms with Gasteiger partial charge < -0.3 is 9.84 Å². The van der Waals surface area contributed by atoms with Crippen LogP contribution in [-0.4, -0.2) is 33.6 Å². The number of para-hydroxylation sites is 1. The van der Waals surface area contributed by atoms with Gasteiger partial charge >= 0.3 is 5.97 Å². The third kappa shape index (κ3) is 3.30. The van der Waals surface area contributed by atoms with Crippen molar-refractivity contribution in [1.29, 1.82) is 0 Å². The lowest BCUT2D eigenvalue weighted by atomic mass is 10.2. The van der Waals surface area contributed by atoms with E-state index in [1.807, 2.05) is 6.92 Å². The van der Waals surface area contributed by atoms with Gasteiger partial charge in [-0.05, 0) is 25.1 Å². The Hall–Kier alpha value is -3.55. The zero-order valence-corrected chi connectivity index (χ0v) is 14.2. The number of hydrogen-bond acceptors (Lipinski definition) is 6. The smallest absolute Gasteiger partial charge is 0.325 e. The van der Waals surface area contributed by atoms with Gasteiger partial charge in [0.15, 0.2) is 5.69 Å². The van der Waals surface area contributed by atoms with E-state index >= 15 is 0 Å². The van der Waals surface area contributed by atoms with Gasteiger partial charge in [-0.1, -0.05) is 18.2 Å². The number of benzene rings is 1. The molecule has 1 N–H and O–H groups in total. The van der Waals surface area contributed by atoms with Crippen molar-refractivity contribution < 1.29 is 19.4 Å². The molecule has 0 saturated carbocycles. The Bertz CT molecular complexity index is 1010. The number of carbonyl (C=O) groups is 2. The van der Waals surface area contributed by atoms with Crippen LogP contribution in [0.3, 0.4) is 0 Å². The van der Waals surface area contributed by atoms with Crippen LogP contribution in [-0.2, 0) is 16.1 Å². The fraction of sp³-hybridized carbons (Fsp3) is 0.167. The Morgan fingerprint density at radius 3 is 2.69 bits per heavy atom. The summed E-state index contributed by atoms with van der Waals surface area (Å²) in [7, 11) is 1.26. The monoisotopic (exact) mass is 352 g/mol. The number of hydrogen-bond donors (Lipinski definition) is 1. The number of aromatic hydroxyl groups is 1. The normalized spacial score (nSPS) is 11.2. The molecule has 132 valence electrons. The van der Waals surface area contributed by atoms with Crippen LogP contribution in [0, 0.1) is 6.92 Å². The zero-order valence-electron chi connectivity index (χ0n) is 14.2. The first kappa shape index (κ1) is 17.3. The molecule has 0 atom stereocenters. The third-order valence-electron chi connectivity index (χ3n) is 3.83. The molecule has 0 bridgehead atoms. The Morgan fingerprint density at radius 2 is 2.00 bits per heavy atom. The fourth-order valence-electron chi connectivity index (χ4n) is 2.47. The standard InChI is InChI=1S/C18H16N4O4/c1-11-7-8-12(9-19-11)17(24)21-20-16-13-5-3-4-6-14(13)22(18(16)25)10-15(23)26-2/h3-9,25H,10H2,1-2H3. The highest BCUT2D eigenvalue weighted by Gasteiger charge is 2.19. The Labute approximate surface area is 148 Å². The number of aryl methyl sites for hydroxylation is 1. The molecule has 1 aromatic carbocycles. The molecule has 0 fully saturated rings. The van der Waals surface area contributed by atoms with E-state index in [0.29, 0.717) is 10.9 Å². The average molecular weight is 352 g/mol. The van der Waals surface area contributed by atoms with Gasteiger partial charge in [0.2, 0.25) is 5.88 Å². The number of rotatable bonds is 4. The number of nitrogens with zero attached hydrogens (tertiary/aromatic N) is 4. The van der Waals surface area contributed by atoms with Crippen molar-refractivity contribution in [2.45, 2.75) is 13.5 Å². The Kier molecular flexibility index (Phi) is 4.74. The highest BCUT2D eigenvalue weighted by Crippen LogP contribution is 2.38. The molecule has 26 heavy (non-hydrogen) atoms. The summed E-state index contributed by atoms with van der Waals surface area (Å²) in [4.78, 5) is 27.8. The van der Waals surface area contributed by atoms with Gasteiger partial charge in [-0.15, -0.1) is 10.2 Å². The van der Waals surface area contributed by atoms with E-state index in [-0.39, 0.29) is 23.7 Å². The largest absolute Gasteiger partial charge is 0.493 e. The van der Waals surface area contributed by atoms with Crippen molar-refractivity contribution in [2.75, 3.05) is 7.11 Å². The predicted molar refractivity (Wildman–Crippen MR) is 93.4 cm³/mol. The number of carbonyl (C=O) groups excluding carboxylic acids is 2. The van der Waals surface area contributed by atoms with Crippen LogP contribution in [0.15, 0.2) is 52.8 Å². The maximum Gasteiger partial charge on any atom is 0.325 e. The molecule has 1 amide bonds. The van der Waals surface area contributed by atoms with Gasteiger partial charge in [-0.3, -0.25) is 19.1 Å². The van der Waals surface area contributed by atoms with E-state index < -0.39 is 11.9 Å². The topological polar surface area (TPSA) is 106 Å². The molecule has 2 aromatic heterocycles. The molecular formula is C18H16N4O4. The summed E-state index contributed by atoms with van der Waals surface area (Å²) in [6.45, 7) is 1.62. The minimum atomic E-state index is -0.582. The number of azo groups is 1. The third-order valence-corrected chi connectivity index (χ3v) is 3.83. The van der Waals surface area contributed by atoms with Crippen LogP contribution >= 0.6 is 0 Å². The summed E-state index contributed by atoms with van der Waals surface area (Å²) in [6.07, 6.45) is 1.41. The molecule has 0 radical (unpaired) electrons. The van der Waals surface area contributed by atoms with Crippen LogP contribution in [0.2, 0.25) is 0 Å². The van der Waals surface area contributed by atoms with Crippen LogP contribution in [0.4, 0.5) is 5.69 Å². The summed E-state index contributed by atoms with van der Waals surface area (Å²) >= 11 is 0. The molecule has 3 aromatic rings. The van der Waals surface area contributed by atoms with Gasteiger partial charge in [0.1, 0.15) is 6.54 Å². The second kappa shape index (κ2) is 7.14. The SMILES string of the molecule is COC(=O)Cn1c(O)c(N=NC(=O)c2ccc(C)nc2)c2ccccc21. The van der Waals surface area contributed by atoms with Gasteiger partial charge in [0.05, 0.1) is 18.2 Å². The first-order valence-corrected chi connectivity index (χ1v) is 7.77. The van der Waals surface area contributed by atoms with Crippen LogP contribution in [0.25, 0.3) is 10.9 Å². The summed E-state index contributed by atoms with van der Waals surface area (Å²) < 4.78 is 6.00. The molecule has 0 unspecified atom stereocenters. The van der Waals surface area contributed by atoms with Crippen molar-refractivity contribution in [3.8, 4) is 5.88 Å². The highest BCUT2D eigenvalue weighted by molar-refractivity contribution is 5.97. The lowest BCUT2D eigenvalue weighted by Crippen LogP contribution is -2.10. The molecule has 3 rings (SSSR count). The minimum Gasteiger partial charge on any atom is -0.493 e. The second-order valence-electron chi connectivity index (χ2n) is 5.55. The number of methoxy groups -OCH3 is 1. The first-order valence-electron chi connectivity index (χ1n) is 7.77. The maximum absolute atomic E-state index is 12.1. The van der Waals surface area contributed by atoms with E-state index in [1.54, 1.807) is 36.4 Å². The molecule has 2 heterocycles. The van der Waals surface area contributed by atoms with E-state index in [2.05, 4.69) is 19.9 Å². The highest BCUT2D eigenvalue weighted by atomic mass is 16.5. The maximum atomic E-state index is 12.1. The summed E-state index contributed by atoms with van der Waals surface area (Å²) in [5.41, 5.74) is 1.76. The second-order valence-corrected chi connectivity index (χ2v) is 5.55. The molecular weight excluding hydrogens is 336 g/mol. The van der Waals surface area contributed by atoms with Gasteiger partial charge in [0.25, 0.3) is 5.91 Å². The molecule has 8 heteroatoms. The number of amides is 1. The van der Waals surface area contributed by atoms with Crippen LogP contribution < -0.4 is 0 Å². The van der Waals surface area contributed by atoms with Gasteiger partial charge in [-0.2, -0.15) is 0 Å². The van der Waals surface area contributed by atoms with Crippen LogP contribution in [0.1, 0.15) is 16.1 Å². The minimum absolute atomic E-state index is 0.109. The molecule has 0 aliphatic heterocycles. The van der Waals surface area contributed by atoms with Crippen molar-refractivity contribution in [3.05, 3.63) is 53.9 Å². The molecule has 0 saturated heterocycles. The van der Waals surface area contributed by atoms with E-state index in [1.165, 1.54) is 17.9 Å². The number of aromatic nitrogens is 2. The van der Waals surface area contributed by atoms with Gasteiger partial charge in [0, 0.05) is 17.3 Å². The van der Waals surface area contributed by atoms with E-state index in [9.17, 15) is 14.7 Å². The number of pyridine rings is 1. The van der Waals surface area contributed by atoms with Crippen molar-refractivity contribution >= 4 is 28.5 Å². The lowest BCUT2D eigenvalue weighted by Gasteiger charge is -2.04. The predicted octanol–water partition coefficient (Wildman–Crippen LogP) is 3.15. The Balaban J connectivity index is 1.99. The average Bonchev–Trinajstić information content (AvgIpc) is 2.92. The number of esters is 1. The quantitative estimate of drug-likeness (QED) is 0.573. The van der Waals surface area contributed by atoms with Crippen molar-refractivity contribution in [3.63, 3.8) is 0 Å². The lowest BCUT2D eigenvalue weighted by molar-refractivity contribution is -0.141. The molecule has 0 spiro atoms. The summed E-state index contributed by atoms with van der Waals surface area (Å²) in [5.74, 6) is -1.37. The van der Waals surface area contributed by atoms with Crippen molar-refractivity contribution in [1.82, 2.24) is 9.55 Å². The molecule has 0 aliphatic carbocycles. The summed E-state index contributed by atoms with van der Waals surface area (Å²) in [6, 6.07) is 10.3. The summed E-state index contributed by atoms with van der Waals surface area (Å²) in [5, 5.41) is 18.6. The van der Waals surface area contributed by atoms with E-state index in [0.717, 1.165) is 5.69 Å². The Morgan fingerprint density at radius 1 is 1.23 bits per heavy atom. The number of ether oxygens (including phenoxy) is 1. The number of fused-ring (bicyclic) bond motifs is 1. The van der Waals surface area contributed by atoms with E-state index in [4.69, 9.17) is 0 Å². The van der Waals surface area contributed by atoms with Crippen molar-refractivity contribution in [2.24, 2.45) is 10.2 Å². The first-order chi connectivity index (χ1) is 12.5. The van der Waals surface area contributed by atoms with Crippen LogP contribution in [0.5, 0.6) is 5.88 Å².